The molecule has 0 aliphatic carbocycles. The highest BCUT2D eigenvalue weighted by atomic mass is 127. The standard InChI is InChI=1S/C20H29N5O3S.HI/c1-2-21-20(22-10-7-15-13-24-18-6-4-3-5-17(15)18)23-11-8-19(26)25-16-9-12-29(27,28)14-16;/h3-6,13,16,24H,2,7-12,14H2,1H3,(H,25,26)(H2,21,22,23);1H. The molecule has 8 nitrogen and oxygen atoms in total. The molecule has 2 heterocycles. The molecule has 1 aliphatic heterocycles. The SMILES string of the molecule is CCNC(=NCCC(=O)NC1CCS(=O)(=O)C1)NCCc1c[nH]c2ccccc12.I. The van der Waals surface area contributed by atoms with E-state index in [1.54, 1.807) is 0 Å². The number of hydrogen-bond acceptors (Lipinski definition) is 4. The van der Waals surface area contributed by atoms with Crippen LogP contribution in [0.1, 0.15) is 25.3 Å². The second kappa shape index (κ2) is 11.5. The zero-order chi connectivity index (χ0) is 20.7. The zero-order valence-electron chi connectivity index (χ0n) is 17.1. The summed E-state index contributed by atoms with van der Waals surface area (Å²) < 4.78 is 22.9. The minimum Gasteiger partial charge on any atom is -0.361 e. The van der Waals surface area contributed by atoms with E-state index in [1.165, 1.54) is 10.9 Å². The molecule has 1 fully saturated rings. The number of aliphatic imine (C=N–C) groups is 1. The molecule has 1 amide bonds. The largest absolute Gasteiger partial charge is 0.361 e. The number of H-pyrrole nitrogens is 1. The number of benzene rings is 1. The Balaban J connectivity index is 0.00000320. The van der Waals surface area contributed by atoms with Crippen LogP contribution in [-0.4, -0.2) is 62.5 Å². The second-order valence-corrected chi connectivity index (χ2v) is 9.44. The van der Waals surface area contributed by atoms with Crippen molar-refractivity contribution in [2.45, 2.75) is 32.2 Å². The Morgan fingerprint density at radius 3 is 2.80 bits per heavy atom. The van der Waals surface area contributed by atoms with Gasteiger partial charge in [0.15, 0.2) is 15.8 Å². The number of amides is 1. The van der Waals surface area contributed by atoms with E-state index in [2.05, 4.69) is 38.1 Å². The maximum absolute atomic E-state index is 12.0. The van der Waals surface area contributed by atoms with Crippen LogP contribution in [0.25, 0.3) is 10.9 Å². The molecule has 1 saturated heterocycles. The molecule has 30 heavy (non-hydrogen) atoms. The molecule has 1 aliphatic rings. The number of sulfone groups is 1. The molecular formula is C20H30IN5O3S. The maximum Gasteiger partial charge on any atom is 0.222 e. The summed E-state index contributed by atoms with van der Waals surface area (Å²) >= 11 is 0. The average molecular weight is 547 g/mol. The first-order chi connectivity index (χ1) is 14.0. The number of nitrogens with one attached hydrogen (secondary N) is 4. The van der Waals surface area contributed by atoms with Crippen LogP contribution in [0.5, 0.6) is 0 Å². The predicted molar refractivity (Wildman–Crippen MR) is 131 cm³/mol. The van der Waals surface area contributed by atoms with Gasteiger partial charge in [0, 0.05) is 42.7 Å². The Hall–Kier alpha value is -1.82. The van der Waals surface area contributed by atoms with Gasteiger partial charge in [-0.2, -0.15) is 0 Å². The van der Waals surface area contributed by atoms with Crippen LogP contribution in [0, 0.1) is 0 Å². The van der Waals surface area contributed by atoms with E-state index < -0.39 is 9.84 Å². The molecule has 3 rings (SSSR count). The van der Waals surface area contributed by atoms with Crippen LogP contribution in [0.15, 0.2) is 35.5 Å². The smallest absolute Gasteiger partial charge is 0.222 e. The molecule has 1 aromatic heterocycles. The van der Waals surface area contributed by atoms with E-state index in [4.69, 9.17) is 0 Å². The highest BCUT2D eigenvalue weighted by Gasteiger charge is 2.28. The number of halogens is 1. The van der Waals surface area contributed by atoms with Gasteiger partial charge in [-0.25, -0.2) is 8.42 Å². The van der Waals surface area contributed by atoms with Crippen LogP contribution in [0.4, 0.5) is 0 Å². The molecule has 1 atom stereocenters. The monoisotopic (exact) mass is 547 g/mol. The van der Waals surface area contributed by atoms with Crippen LogP contribution in [-0.2, 0) is 21.1 Å². The number of hydrogen-bond donors (Lipinski definition) is 4. The minimum atomic E-state index is -2.99. The van der Waals surface area contributed by atoms with Gasteiger partial charge in [-0.15, -0.1) is 24.0 Å². The van der Waals surface area contributed by atoms with Crippen molar-refractivity contribution >= 4 is 56.6 Å². The van der Waals surface area contributed by atoms with Crippen LogP contribution in [0.2, 0.25) is 0 Å². The van der Waals surface area contributed by atoms with Gasteiger partial charge in [-0.1, -0.05) is 18.2 Å². The lowest BCUT2D eigenvalue weighted by Gasteiger charge is -2.12. The van der Waals surface area contributed by atoms with Crippen molar-refractivity contribution in [3.8, 4) is 0 Å². The number of nitrogens with zero attached hydrogens (tertiary/aromatic N) is 1. The molecule has 4 N–H and O–H groups in total. The van der Waals surface area contributed by atoms with Crippen molar-refractivity contribution < 1.29 is 13.2 Å². The van der Waals surface area contributed by atoms with Gasteiger partial charge in [-0.3, -0.25) is 9.79 Å². The number of carbonyl (C=O) groups excluding carboxylic acids is 1. The Kier molecular flexibility index (Phi) is 9.40. The van der Waals surface area contributed by atoms with E-state index in [1.807, 2.05) is 25.3 Å². The van der Waals surface area contributed by atoms with Gasteiger partial charge >= 0.3 is 0 Å². The van der Waals surface area contributed by atoms with Crippen molar-refractivity contribution in [3.05, 3.63) is 36.0 Å². The van der Waals surface area contributed by atoms with E-state index in [0.29, 0.717) is 18.9 Å². The number of fused-ring (bicyclic) bond motifs is 1. The Labute approximate surface area is 194 Å². The zero-order valence-corrected chi connectivity index (χ0v) is 20.3. The van der Waals surface area contributed by atoms with E-state index >= 15 is 0 Å². The van der Waals surface area contributed by atoms with Crippen molar-refractivity contribution in [2.75, 3.05) is 31.1 Å². The number of aromatic nitrogens is 1. The molecule has 0 bridgehead atoms. The number of para-hydroxylation sites is 1. The van der Waals surface area contributed by atoms with E-state index in [-0.39, 0.29) is 53.9 Å². The summed E-state index contributed by atoms with van der Waals surface area (Å²) in [6, 6.07) is 7.95. The summed E-state index contributed by atoms with van der Waals surface area (Å²) in [6.07, 6.45) is 3.61. The van der Waals surface area contributed by atoms with Gasteiger partial charge in [-0.05, 0) is 31.4 Å². The lowest BCUT2D eigenvalue weighted by molar-refractivity contribution is -0.121. The summed E-state index contributed by atoms with van der Waals surface area (Å²) in [5.41, 5.74) is 2.37. The molecular weight excluding hydrogens is 517 g/mol. The first kappa shape index (κ1) is 24.4. The number of guanidine groups is 1. The Morgan fingerprint density at radius 1 is 1.27 bits per heavy atom. The molecule has 0 spiro atoms. The number of aromatic amines is 1. The summed E-state index contributed by atoms with van der Waals surface area (Å²) in [7, 11) is -2.99. The molecule has 0 radical (unpaired) electrons. The van der Waals surface area contributed by atoms with Gasteiger partial charge in [0.05, 0.1) is 18.1 Å². The van der Waals surface area contributed by atoms with Gasteiger partial charge in [0.1, 0.15) is 0 Å². The lowest BCUT2D eigenvalue weighted by atomic mass is 10.1. The highest BCUT2D eigenvalue weighted by Crippen LogP contribution is 2.17. The Bertz CT molecular complexity index is 974. The fourth-order valence-corrected chi connectivity index (χ4v) is 5.15. The first-order valence-electron chi connectivity index (χ1n) is 10.0. The molecule has 1 unspecified atom stereocenters. The van der Waals surface area contributed by atoms with Crippen LogP contribution in [0.3, 0.4) is 0 Å². The molecule has 166 valence electrons. The lowest BCUT2D eigenvalue weighted by Crippen LogP contribution is -2.39. The summed E-state index contributed by atoms with van der Waals surface area (Å²) in [5, 5.41) is 10.5. The number of carbonyl (C=O) groups is 1. The average Bonchev–Trinajstić information content (AvgIpc) is 3.24. The highest BCUT2D eigenvalue weighted by molar-refractivity contribution is 14.0. The summed E-state index contributed by atoms with van der Waals surface area (Å²) in [4.78, 5) is 19.7. The topological polar surface area (TPSA) is 115 Å². The molecule has 1 aromatic carbocycles. The van der Waals surface area contributed by atoms with Gasteiger partial charge < -0.3 is 20.9 Å². The third-order valence-electron chi connectivity index (χ3n) is 4.91. The first-order valence-corrected chi connectivity index (χ1v) is 11.9. The fourth-order valence-electron chi connectivity index (χ4n) is 3.47. The van der Waals surface area contributed by atoms with Crippen molar-refractivity contribution in [3.63, 3.8) is 0 Å². The van der Waals surface area contributed by atoms with Crippen molar-refractivity contribution in [1.82, 2.24) is 20.9 Å². The fraction of sp³-hybridized carbons (Fsp3) is 0.500. The third kappa shape index (κ3) is 7.15. The normalized spacial score (nSPS) is 18.0. The number of rotatable bonds is 8. The van der Waals surface area contributed by atoms with Gasteiger partial charge in [0.25, 0.3) is 0 Å². The molecule has 0 saturated carbocycles. The molecule has 2 aromatic rings. The van der Waals surface area contributed by atoms with Crippen LogP contribution < -0.4 is 16.0 Å². The van der Waals surface area contributed by atoms with Gasteiger partial charge in [0.2, 0.25) is 5.91 Å². The van der Waals surface area contributed by atoms with E-state index in [9.17, 15) is 13.2 Å². The third-order valence-corrected chi connectivity index (χ3v) is 6.68. The predicted octanol–water partition coefficient (Wildman–Crippen LogP) is 1.58. The van der Waals surface area contributed by atoms with E-state index in [0.717, 1.165) is 25.0 Å². The van der Waals surface area contributed by atoms with Crippen molar-refractivity contribution in [1.29, 1.82) is 0 Å². The maximum atomic E-state index is 12.0. The second-order valence-electron chi connectivity index (χ2n) is 7.21. The van der Waals surface area contributed by atoms with Crippen molar-refractivity contribution in [2.24, 2.45) is 4.99 Å². The Morgan fingerprint density at radius 2 is 2.07 bits per heavy atom. The molecule has 10 heteroatoms. The summed E-state index contributed by atoms with van der Waals surface area (Å²) in [6.45, 7) is 3.78. The summed E-state index contributed by atoms with van der Waals surface area (Å²) in [5.74, 6) is 0.704. The van der Waals surface area contributed by atoms with Crippen LogP contribution >= 0.6 is 24.0 Å². The minimum absolute atomic E-state index is 0. The quantitative estimate of drug-likeness (QED) is 0.228.